The molecule has 0 atom stereocenters. The molecule has 2 aromatic carbocycles. The molecule has 0 bridgehead atoms. The zero-order valence-corrected chi connectivity index (χ0v) is 15.8. The zero-order valence-electron chi connectivity index (χ0n) is 15.8. The molecule has 0 aliphatic carbocycles. The number of para-hydroxylation sites is 1. The molecule has 1 fully saturated rings. The van der Waals surface area contributed by atoms with Crippen molar-refractivity contribution in [3.05, 3.63) is 65.9 Å². The van der Waals surface area contributed by atoms with Crippen LogP contribution < -0.4 is 10.2 Å². The molecule has 6 nitrogen and oxygen atoms in total. The summed E-state index contributed by atoms with van der Waals surface area (Å²) in [5, 5.41) is 3.76. The predicted octanol–water partition coefficient (Wildman–Crippen LogP) is 4.57. The van der Waals surface area contributed by atoms with E-state index >= 15 is 0 Å². The molecule has 3 aromatic rings. The maximum absolute atomic E-state index is 13.1. The van der Waals surface area contributed by atoms with Crippen LogP contribution in [0.3, 0.4) is 0 Å². The molecule has 1 aliphatic rings. The van der Waals surface area contributed by atoms with Crippen LogP contribution in [-0.4, -0.2) is 30.1 Å². The van der Waals surface area contributed by atoms with E-state index in [2.05, 4.69) is 24.1 Å². The minimum absolute atomic E-state index is 0.207. The Morgan fingerprint density at radius 1 is 1.14 bits per heavy atom. The van der Waals surface area contributed by atoms with Crippen LogP contribution in [0, 0.1) is 0 Å². The number of hydrogen-bond donors (Lipinski definition) is 1. The summed E-state index contributed by atoms with van der Waals surface area (Å²) in [6, 6.07) is 16.7. The molecule has 1 aromatic heterocycles. The quantitative estimate of drug-likeness (QED) is 0.725. The monoisotopic (exact) mass is 375 g/mol. The third kappa shape index (κ3) is 3.41. The molecular weight excluding hydrogens is 354 g/mol. The molecule has 1 saturated heterocycles. The SMILES string of the molecule is CC(C)c1cc(C(=O)Nc2cccc(N3CCOC3=O)c2)c2ccccc2n1. The van der Waals surface area contributed by atoms with Crippen molar-refractivity contribution >= 4 is 34.3 Å². The van der Waals surface area contributed by atoms with Crippen molar-refractivity contribution in [3.63, 3.8) is 0 Å². The van der Waals surface area contributed by atoms with Gasteiger partial charge in [-0.2, -0.15) is 0 Å². The Bertz CT molecular complexity index is 1060. The summed E-state index contributed by atoms with van der Waals surface area (Å²) < 4.78 is 4.99. The van der Waals surface area contributed by atoms with Crippen LogP contribution in [0.15, 0.2) is 54.6 Å². The number of nitrogens with one attached hydrogen (secondary N) is 1. The summed E-state index contributed by atoms with van der Waals surface area (Å²) in [6.07, 6.45) is -0.370. The molecule has 2 amide bonds. The van der Waals surface area contributed by atoms with Gasteiger partial charge in [0.25, 0.3) is 5.91 Å². The first-order chi connectivity index (χ1) is 13.5. The maximum Gasteiger partial charge on any atom is 0.414 e. The van der Waals surface area contributed by atoms with Gasteiger partial charge in [0.05, 0.1) is 17.6 Å². The van der Waals surface area contributed by atoms with E-state index in [-0.39, 0.29) is 17.9 Å². The largest absolute Gasteiger partial charge is 0.447 e. The van der Waals surface area contributed by atoms with Crippen molar-refractivity contribution in [2.24, 2.45) is 0 Å². The van der Waals surface area contributed by atoms with Gasteiger partial charge in [-0.1, -0.05) is 38.1 Å². The highest BCUT2D eigenvalue weighted by atomic mass is 16.6. The topological polar surface area (TPSA) is 71.5 Å². The van der Waals surface area contributed by atoms with Crippen LogP contribution in [0.2, 0.25) is 0 Å². The zero-order chi connectivity index (χ0) is 19.7. The lowest BCUT2D eigenvalue weighted by Crippen LogP contribution is -2.23. The van der Waals surface area contributed by atoms with E-state index in [1.807, 2.05) is 36.4 Å². The lowest BCUT2D eigenvalue weighted by molar-refractivity contribution is 0.102. The Morgan fingerprint density at radius 2 is 1.96 bits per heavy atom. The molecule has 142 valence electrons. The van der Waals surface area contributed by atoms with Crippen molar-refractivity contribution < 1.29 is 14.3 Å². The highest BCUT2D eigenvalue weighted by Gasteiger charge is 2.24. The van der Waals surface area contributed by atoms with E-state index in [0.717, 1.165) is 16.6 Å². The van der Waals surface area contributed by atoms with Gasteiger partial charge in [-0.05, 0) is 36.2 Å². The summed E-state index contributed by atoms with van der Waals surface area (Å²) in [7, 11) is 0. The van der Waals surface area contributed by atoms with Gasteiger partial charge in [-0.3, -0.25) is 14.7 Å². The van der Waals surface area contributed by atoms with Crippen molar-refractivity contribution in [2.75, 3.05) is 23.4 Å². The van der Waals surface area contributed by atoms with Crippen molar-refractivity contribution in [1.82, 2.24) is 4.98 Å². The first kappa shape index (κ1) is 18.0. The van der Waals surface area contributed by atoms with E-state index in [1.54, 1.807) is 23.1 Å². The molecule has 2 heterocycles. The fourth-order valence-electron chi connectivity index (χ4n) is 3.26. The molecule has 0 unspecified atom stereocenters. The molecule has 28 heavy (non-hydrogen) atoms. The molecule has 1 N–H and O–H groups in total. The van der Waals surface area contributed by atoms with Gasteiger partial charge in [0.2, 0.25) is 0 Å². The number of amides is 2. The van der Waals surface area contributed by atoms with Crippen LogP contribution in [0.1, 0.15) is 35.8 Å². The van der Waals surface area contributed by atoms with Gasteiger partial charge >= 0.3 is 6.09 Å². The number of fused-ring (bicyclic) bond motifs is 1. The number of aromatic nitrogens is 1. The molecule has 0 radical (unpaired) electrons. The number of hydrogen-bond acceptors (Lipinski definition) is 4. The van der Waals surface area contributed by atoms with Crippen LogP contribution in [0.25, 0.3) is 10.9 Å². The lowest BCUT2D eigenvalue weighted by Gasteiger charge is -2.15. The average Bonchev–Trinajstić information content (AvgIpc) is 3.13. The van der Waals surface area contributed by atoms with E-state index in [1.165, 1.54) is 0 Å². The Labute approximate surface area is 163 Å². The smallest absolute Gasteiger partial charge is 0.414 e. The molecule has 4 rings (SSSR count). The Morgan fingerprint density at radius 3 is 2.71 bits per heavy atom. The summed E-state index contributed by atoms with van der Waals surface area (Å²) >= 11 is 0. The number of pyridine rings is 1. The highest BCUT2D eigenvalue weighted by Crippen LogP contribution is 2.25. The average molecular weight is 375 g/mol. The second kappa shape index (κ2) is 7.31. The van der Waals surface area contributed by atoms with Gasteiger partial charge in [0.1, 0.15) is 6.61 Å². The van der Waals surface area contributed by atoms with Crippen LogP contribution in [-0.2, 0) is 4.74 Å². The minimum atomic E-state index is -0.370. The standard InChI is InChI=1S/C22H21N3O3/c1-14(2)20-13-18(17-8-3-4-9-19(17)24-20)21(26)23-15-6-5-7-16(12-15)25-10-11-28-22(25)27/h3-9,12-14H,10-11H2,1-2H3,(H,23,26). The number of benzene rings is 2. The number of ether oxygens (including phenoxy) is 1. The predicted molar refractivity (Wildman–Crippen MR) is 109 cm³/mol. The summed E-state index contributed by atoms with van der Waals surface area (Å²) in [6.45, 7) is 4.98. The second-order valence-electron chi connectivity index (χ2n) is 7.04. The number of anilines is 2. The van der Waals surface area contributed by atoms with Crippen molar-refractivity contribution in [3.8, 4) is 0 Å². The van der Waals surface area contributed by atoms with E-state index in [9.17, 15) is 9.59 Å². The minimum Gasteiger partial charge on any atom is -0.447 e. The van der Waals surface area contributed by atoms with Crippen LogP contribution >= 0.6 is 0 Å². The van der Waals surface area contributed by atoms with Crippen LogP contribution in [0.5, 0.6) is 0 Å². The Hall–Kier alpha value is -3.41. The summed E-state index contributed by atoms with van der Waals surface area (Å²) in [4.78, 5) is 31.1. The molecule has 0 saturated carbocycles. The third-order valence-corrected chi connectivity index (χ3v) is 4.75. The summed E-state index contributed by atoms with van der Waals surface area (Å²) in [5.41, 5.74) is 3.57. The van der Waals surface area contributed by atoms with Gasteiger partial charge in [0, 0.05) is 22.5 Å². The lowest BCUT2D eigenvalue weighted by atomic mass is 10.0. The Balaban J connectivity index is 1.67. The first-order valence-electron chi connectivity index (χ1n) is 9.28. The molecule has 1 aliphatic heterocycles. The second-order valence-corrected chi connectivity index (χ2v) is 7.04. The Kier molecular flexibility index (Phi) is 4.69. The third-order valence-electron chi connectivity index (χ3n) is 4.75. The van der Waals surface area contributed by atoms with Crippen molar-refractivity contribution in [1.29, 1.82) is 0 Å². The van der Waals surface area contributed by atoms with Gasteiger partial charge in [-0.15, -0.1) is 0 Å². The van der Waals surface area contributed by atoms with Gasteiger partial charge < -0.3 is 10.1 Å². The van der Waals surface area contributed by atoms with E-state index < -0.39 is 0 Å². The van der Waals surface area contributed by atoms with E-state index in [0.29, 0.717) is 30.1 Å². The van der Waals surface area contributed by atoms with Crippen LogP contribution in [0.4, 0.5) is 16.2 Å². The maximum atomic E-state index is 13.1. The number of rotatable bonds is 4. The number of cyclic esters (lactones) is 1. The number of nitrogens with zero attached hydrogens (tertiary/aromatic N) is 2. The van der Waals surface area contributed by atoms with Gasteiger partial charge in [-0.25, -0.2) is 4.79 Å². The fraction of sp³-hybridized carbons (Fsp3) is 0.227. The number of carbonyl (C=O) groups is 2. The molecular formula is C22H21N3O3. The molecule has 0 spiro atoms. The first-order valence-corrected chi connectivity index (χ1v) is 9.28. The van der Waals surface area contributed by atoms with Gasteiger partial charge in [0.15, 0.2) is 0 Å². The molecule has 6 heteroatoms. The van der Waals surface area contributed by atoms with Crippen molar-refractivity contribution in [2.45, 2.75) is 19.8 Å². The normalized spacial score (nSPS) is 13.8. The van der Waals surface area contributed by atoms with E-state index in [4.69, 9.17) is 4.74 Å². The highest BCUT2D eigenvalue weighted by molar-refractivity contribution is 6.12. The number of carbonyl (C=O) groups excluding carboxylic acids is 2. The summed E-state index contributed by atoms with van der Waals surface area (Å²) in [5.74, 6) is 0.00214. The fourth-order valence-corrected chi connectivity index (χ4v) is 3.26.